The molecule has 0 spiro atoms. The van der Waals surface area contributed by atoms with Crippen LogP contribution in [0.2, 0.25) is 0 Å². The Morgan fingerprint density at radius 2 is 1.50 bits per heavy atom. The van der Waals surface area contributed by atoms with Gasteiger partial charge >= 0.3 is 0 Å². The lowest BCUT2D eigenvalue weighted by Crippen LogP contribution is -2.27. The fourth-order valence-electron chi connectivity index (χ4n) is 2.83. The van der Waals surface area contributed by atoms with Crippen LogP contribution in [-0.2, 0) is 16.2 Å². The predicted molar refractivity (Wildman–Crippen MR) is 129 cm³/mol. The van der Waals surface area contributed by atoms with E-state index >= 15 is 0 Å². The fourth-order valence-corrected chi connectivity index (χ4v) is 2.83. The van der Waals surface area contributed by atoms with Gasteiger partial charge in [0.25, 0.3) is 0 Å². The van der Waals surface area contributed by atoms with Crippen LogP contribution in [0.15, 0.2) is 78.9 Å². The molecule has 2 amide bonds. The van der Waals surface area contributed by atoms with E-state index in [1.807, 2.05) is 87.5 Å². The summed E-state index contributed by atoms with van der Waals surface area (Å²) in [6.07, 6.45) is 0. The minimum atomic E-state index is -0.487. The fraction of sp³-hybridized carbons (Fsp3) is 0.231. The molecular weight excluding hydrogens is 402 g/mol. The predicted octanol–water partition coefficient (Wildman–Crippen LogP) is 5.30. The molecule has 0 unspecified atom stereocenters. The van der Waals surface area contributed by atoms with Crippen molar-refractivity contribution in [3.8, 4) is 5.75 Å². The van der Waals surface area contributed by atoms with Gasteiger partial charge in [-0.2, -0.15) is 0 Å². The number of benzene rings is 3. The number of amides is 2. The molecule has 0 aliphatic rings. The number of hydrogen-bond donors (Lipinski definition) is 3. The van der Waals surface area contributed by atoms with Crippen molar-refractivity contribution in [2.45, 2.75) is 27.4 Å². The van der Waals surface area contributed by atoms with Gasteiger partial charge in [0.1, 0.15) is 12.4 Å². The molecule has 0 saturated carbocycles. The summed E-state index contributed by atoms with van der Waals surface area (Å²) < 4.78 is 5.89. The smallest absolute Gasteiger partial charge is 0.243 e. The van der Waals surface area contributed by atoms with Gasteiger partial charge in [-0.1, -0.05) is 69.3 Å². The molecule has 3 N–H and O–H groups in total. The standard InChI is InChI=1S/C26H29N3O3/c1-26(2,3)25(31)28-21-13-9-12-20(16-21)27-17-24(30)29-22-14-7-8-15-23(22)32-18-19-10-5-4-6-11-19/h4-16,27H,17-18H2,1-3H3,(H,28,31)(H,29,30). The Labute approximate surface area is 189 Å². The molecule has 0 aliphatic carbocycles. The Morgan fingerprint density at radius 1 is 0.812 bits per heavy atom. The maximum absolute atomic E-state index is 12.5. The highest BCUT2D eigenvalue weighted by molar-refractivity contribution is 5.96. The average Bonchev–Trinajstić information content (AvgIpc) is 2.77. The van der Waals surface area contributed by atoms with Crippen molar-refractivity contribution in [2.75, 3.05) is 22.5 Å². The van der Waals surface area contributed by atoms with Gasteiger partial charge in [0.2, 0.25) is 11.8 Å². The summed E-state index contributed by atoms with van der Waals surface area (Å²) in [5.41, 5.74) is 2.59. The Bertz CT molecular complexity index is 1060. The molecule has 0 atom stereocenters. The van der Waals surface area contributed by atoms with Crippen molar-refractivity contribution in [1.82, 2.24) is 0 Å². The van der Waals surface area contributed by atoms with Crippen molar-refractivity contribution in [2.24, 2.45) is 5.41 Å². The molecule has 0 heterocycles. The normalized spacial score (nSPS) is 10.8. The lowest BCUT2D eigenvalue weighted by molar-refractivity contribution is -0.123. The van der Waals surface area contributed by atoms with E-state index in [2.05, 4.69) is 16.0 Å². The monoisotopic (exact) mass is 431 g/mol. The molecule has 0 saturated heterocycles. The molecule has 0 fully saturated rings. The van der Waals surface area contributed by atoms with Gasteiger partial charge in [-0.05, 0) is 35.9 Å². The summed E-state index contributed by atoms with van der Waals surface area (Å²) in [5.74, 6) is 0.334. The summed E-state index contributed by atoms with van der Waals surface area (Å²) >= 11 is 0. The van der Waals surface area contributed by atoms with Gasteiger partial charge in [-0.25, -0.2) is 0 Å². The second-order valence-electron chi connectivity index (χ2n) is 8.46. The van der Waals surface area contributed by atoms with E-state index in [4.69, 9.17) is 4.74 Å². The van der Waals surface area contributed by atoms with E-state index in [0.717, 1.165) is 11.3 Å². The Morgan fingerprint density at radius 3 is 2.25 bits per heavy atom. The number of para-hydroxylation sites is 2. The van der Waals surface area contributed by atoms with Crippen molar-refractivity contribution >= 4 is 28.9 Å². The van der Waals surface area contributed by atoms with Crippen LogP contribution in [-0.4, -0.2) is 18.4 Å². The minimum absolute atomic E-state index is 0.0699. The summed E-state index contributed by atoms with van der Waals surface area (Å²) in [7, 11) is 0. The van der Waals surface area contributed by atoms with Crippen molar-refractivity contribution in [1.29, 1.82) is 0 Å². The molecule has 0 bridgehead atoms. The molecular formula is C26H29N3O3. The number of hydrogen-bond acceptors (Lipinski definition) is 4. The molecule has 32 heavy (non-hydrogen) atoms. The maximum Gasteiger partial charge on any atom is 0.243 e. The molecule has 6 nitrogen and oxygen atoms in total. The molecule has 0 radical (unpaired) electrons. The quantitative estimate of drug-likeness (QED) is 0.452. The number of ether oxygens (including phenoxy) is 1. The van der Waals surface area contributed by atoms with Crippen LogP contribution in [0, 0.1) is 5.41 Å². The Balaban J connectivity index is 1.55. The SMILES string of the molecule is CC(C)(C)C(=O)Nc1cccc(NCC(=O)Nc2ccccc2OCc2ccccc2)c1. The topological polar surface area (TPSA) is 79.5 Å². The second-order valence-corrected chi connectivity index (χ2v) is 8.46. The van der Waals surface area contributed by atoms with E-state index in [9.17, 15) is 9.59 Å². The lowest BCUT2D eigenvalue weighted by atomic mass is 9.95. The third-order valence-electron chi connectivity index (χ3n) is 4.65. The summed E-state index contributed by atoms with van der Waals surface area (Å²) in [5, 5.41) is 8.87. The number of carbonyl (C=O) groups is 2. The first-order valence-electron chi connectivity index (χ1n) is 10.5. The van der Waals surface area contributed by atoms with Crippen molar-refractivity contribution in [3.05, 3.63) is 84.4 Å². The van der Waals surface area contributed by atoms with Crippen LogP contribution in [0.5, 0.6) is 5.75 Å². The van der Waals surface area contributed by atoms with Gasteiger partial charge < -0.3 is 20.7 Å². The zero-order valence-electron chi connectivity index (χ0n) is 18.6. The van der Waals surface area contributed by atoms with E-state index in [1.54, 1.807) is 12.1 Å². The largest absolute Gasteiger partial charge is 0.487 e. The molecule has 0 aliphatic heterocycles. The van der Waals surface area contributed by atoms with E-state index in [0.29, 0.717) is 23.7 Å². The highest BCUT2D eigenvalue weighted by Gasteiger charge is 2.21. The van der Waals surface area contributed by atoms with E-state index in [-0.39, 0.29) is 18.4 Å². The first kappa shape index (κ1) is 22.9. The van der Waals surface area contributed by atoms with Crippen LogP contribution in [0.1, 0.15) is 26.3 Å². The maximum atomic E-state index is 12.5. The number of nitrogens with one attached hydrogen (secondary N) is 3. The lowest BCUT2D eigenvalue weighted by Gasteiger charge is -2.18. The third-order valence-corrected chi connectivity index (χ3v) is 4.65. The number of carbonyl (C=O) groups excluding carboxylic acids is 2. The highest BCUT2D eigenvalue weighted by Crippen LogP contribution is 2.25. The zero-order chi connectivity index (χ0) is 23.0. The third kappa shape index (κ3) is 6.87. The molecule has 166 valence electrons. The Kier molecular flexibility index (Phi) is 7.49. The van der Waals surface area contributed by atoms with Crippen LogP contribution < -0.4 is 20.7 Å². The molecule has 6 heteroatoms. The number of anilines is 3. The molecule has 3 aromatic carbocycles. The average molecular weight is 432 g/mol. The Hall–Kier alpha value is -3.80. The van der Waals surface area contributed by atoms with Gasteiger partial charge in [-0.3, -0.25) is 9.59 Å². The molecule has 3 rings (SSSR count). The summed E-state index contributed by atoms with van der Waals surface area (Å²) in [6.45, 7) is 6.06. The van der Waals surface area contributed by atoms with E-state index in [1.165, 1.54) is 0 Å². The molecule has 3 aromatic rings. The van der Waals surface area contributed by atoms with Crippen LogP contribution >= 0.6 is 0 Å². The van der Waals surface area contributed by atoms with E-state index < -0.39 is 5.41 Å². The minimum Gasteiger partial charge on any atom is -0.487 e. The van der Waals surface area contributed by atoms with Crippen molar-refractivity contribution in [3.63, 3.8) is 0 Å². The van der Waals surface area contributed by atoms with Gasteiger partial charge in [0.05, 0.1) is 12.2 Å². The van der Waals surface area contributed by atoms with Gasteiger partial charge in [0, 0.05) is 16.8 Å². The first-order chi connectivity index (χ1) is 15.3. The first-order valence-corrected chi connectivity index (χ1v) is 10.5. The second kappa shape index (κ2) is 10.5. The van der Waals surface area contributed by atoms with Crippen LogP contribution in [0.4, 0.5) is 17.1 Å². The summed E-state index contributed by atoms with van der Waals surface area (Å²) in [6, 6.07) is 24.5. The van der Waals surface area contributed by atoms with Gasteiger partial charge in [-0.15, -0.1) is 0 Å². The van der Waals surface area contributed by atoms with Crippen LogP contribution in [0.25, 0.3) is 0 Å². The van der Waals surface area contributed by atoms with Gasteiger partial charge in [0.15, 0.2) is 0 Å². The highest BCUT2D eigenvalue weighted by atomic mass is 16.5. The molecule has 0 aromatic heterocycles. The summed E-state index contributed by atoms with van der Waals surface area (Å²) in [4.78, 5) is 24.7. The zero-order valence-corrected chi connectivity index (χ0v) is 18.6. The number of rotatable bonds is 8. The van der Waals surface area contributed by atoms with Crippen molar-refractivity contribution < 1.29 is 14.3 Å². The van der Waals surface area contributed by atoms with Crippen LogP contribution in [0.3, 0.4) is 0 Å².